The van der Waals surface area contributed by atoms with Crippen molar-refractivity contribution in [3.05, 3.63) is 71.3 Å². The summed E-state index contributed by atoms with van der Waals surface area (Å²) in [6, 6.07) is 18.4. The van der Waals surface area contributed by atoms with Gasteiger partial charge in [-0.15, -0.1) is 0 Å². The first-order valence-electron chi connectivity index (χ1n) is 7.76. The van der Waals surface area contributed by atoms with Crippen molar-refractivity contribution in [1.82, 2.24) is 10.2 Å². The number of aryl methyl sites for hydroxylation is 1. The maximum atomic E-state index is 12.1. The lowest BCUT2D eigenvalue weighted by atomic mass is 10.1. The van der Waals surface area contributed by atoms with Crippen LogP contribution in [0.1, 0.15) is 23.6 Å². The van der Waals surface area contributed by atoms with Gasteiger partial charge in [-0.2, -0.15) is 0 Å². The van der Waals surface area contributed by atoms with E-state index in [1.54, 1.807) is 0 Å². The maximum Gasteiger partial charge on any atom is 0.234 e. The van der Waals surface area contributed by atoms with Crippen LogP contribution in [-0.4, -0.2) is 23.9 Å². The third-order valence-electron chi connectivity index (χ3n) is 3.80. The van der Waals surface area contributed by atoms with E-state index < -0.39 is 0 Å². The van der Waals surface area contributed by atoms with E-state index in [1.807, 2.05) is 30.3 Å². The van der Waals surface area contributed by atoms with Crippen molar-refractivity contribution < 1.29 is 4.79 Å². The average molecular weight is 296 g/mol. The Kier molecular flexibility index (Phi) is 6.16. The van der Waals surface area contributed by atoms with E-state index in [2.05, 4.69) is 48.3 Å². The summed E-state index contributed by atoms with van der Waals surface area (Å²) >= 11 is 0. The van der Waals surface area contributed by atoms with Gasteiger partial charge in [-0.25, -0.2) is 0 Å². The molecule has 0 fully saturated rings. The van der Waals surface area contributed by atoms with Crippen LogP contribution in [0.5, 0.6) is 0 Å². The fraction of sp³-hybridized carbons (Fsp3) is 0.316. The minimum atomic E-state index is 0.0704. The largest absolute Gasteiger partial charge is 0.351 e. The predicted octanol–water partition coefficient (Wildman–Crippen LogP) is 3.13. The Morgan fingerprint density at radius 3 is 2.41 bits per heavy atom. The number of carbonyl (C=O) groups excluding carboxylic acids is 1. The summed E-state index contributed by atoms with van der Waals surface area (Å²) < 4.78 is 0. The Hall–Kier alpha value is -2.13. The van der Waals surface area contributed by atoms with Gasteiger partial charge in [0.2, 0.25) is 5.91 Å². The van der Waals surface area contributed by atoms with E-state index in [0.717, 1.165) is 13.1 Å². The van der Waals surface area contributed by atoms with Crippen LogP contribution in [0.3, 0.4) is 0 Å². The van der Waals surface area contributed by atoms with E-state index in [-0.39, 0.29) is 5.91 Å². The molecule has 0 saturated heterocycles. The van der Waals surface area contributed by atoms with Crippen molar-refractivity contribution in [3.8, 4) is 0 Å². The lowest BCUT2D eigenvalue weighted by molar-refractivity contribution is -0.122. The zero-order valence-electron chi connectivity index (χ0n) is 13.4. The van der Waals surface area contributed by atoms with Gasteiger partial charge in [-0.1, -0.05) is 61.5 Å². The normalized spacial score (nSPS) is 10.7. The number of hydrogen-bond acceptors (Lipinski definition) is 2. The monoisotopic (exact) mass is 296 g/mol. The first kappa shape index (κ1) is 16.2. The molecule has 0 radical (unpaired) electrons. The average Bonchev–Trinajstić information content (AvgIpc) is 2.54. The van der Waals surface area contributed by atoms with Crippen LogP contribution in [0.2, 0.25) is 0 Å². The van der Waals surface area contributed by atoms with Gasteiger partial charge in [0.05, 0.1) is 6.54 Å². The third-order valence-corrected chi connectivity index (χ3v) is 3.80. The van der Waals surface area contributed by atoms with E-state index in [1.165, 1.54) is 16.7 Å². The fourth-order valence-electron chi connectivity index (χ4n) is 2.38. The molecule has 0 unspecified atom stereocenters. The highest BCUT2D eigenvalue weighted by Gasteiger charge is 2.09. The molecule has 3 nitrogen and oxygen atoms in total. The van der Waals surface area contributed by atoms with Crippen molar-refractivity contribution in [2.45, 2.75) is 26.9 Å². The smallest absolute Gasteiger partial charge is 0.234 e. The van der Waals surface area contributed by atoms with E-state index >= 15 is 0 Å². The van der Waals surface area contributed by atoms with Crippen LogP contribution in [0.25, 0.3) is 0 Å². The topological polar surface area (TPSA) is 32.3 Å². The van der Waals surface area contributed by atoms with E-state index in [0.29, 0.717) is 13.1 Å². The van der Waals surface area contributed by atoms with Gasteiger partial charge in [-0.05, 0) is 30.2 Å². The zero-order chi connectivity index (χ0) is 15.8. The summed E-state index contributed by atoms with van der Waals surface area (Å²) in [4.78, 5) is 14.3. The van der Waals surface area contributed by atoms with Crippen LogP contribution < -0.4 is 5.32 Å². The number of nitrogens with one attached hydrogen (secondary N) is 1. The number of amides is 1. The molecule has 0 saturated carbocycles. The molecule has 0 aromatic heterocycles. The molecule has 0 aliphatic carbocycles. The number of likely N-dealkylation sites (N-methyl/N-ethyl adjacent to an activating group) is 1. The molecular formula is C19H24N2O. The van der Waals surface area contributed by atoms with Gasteiger partial charge in [0, 0.05) is 13.1 Å². The molecule has 2 aromatic carbocycles. The molecule has 22 heavy (non-hydrogen) atoms. The second kappa shape index (κ2) is 8.35. The SMILES string of the molecule is CCN(CC(=O)NCc1ccccc1C)Cc1ccccc1. The predicted molar refractivity (Wildman–Crippen MR) is 90.4 cm³/mol. The Morgan fingerprint density at radius 1 is 1.05 bits per heavy atom. The minimum absolute atomic E-state index is 0.0704. The van der Waals surface area contributed by atoms with Gasteiger partial charge in [0.1, 0.15) is 0 Å². The van der Waals surface area contributed by atoms with E-state index in [4.69, 9.17) is 0 Å². The van der Waals surface area contributed by atoms with Crippen LogP contribution >= 0.6 is 0 Å². The Bertz CT molecular complexity index is 595. The van der Waals surface area contributed by atoms with Crippen molar-refractivity contribution in [3.63, 3.8) is 0 Å². The van der Waals surface area contributed by atoms with Gasteiger partial charge >= 0.3 is 0 Å². The molecule has 1 amide bonds. The second-order valence-electron chi connectivity index (χ2n) is 5.49. The van der Waals surface area contributed by atoms with Gasteiger partial charge in [0.25, 0.3) is 0 Å². The lowest BCUT2D eigenvalue weighted by Gasteiger charge is -2.20. The molecule has 1 N–H and O–H groups in total. The van der Waals surface area contributed by atoms with Crippen molar-refractivity contribution >= 4 is 5.91 Å². The number of hydrogen-bond donors (Lipinski definition) is 1. The molecule has 0 spiro atoms. The standard InChI is InChI=1S/C19H24N2O/c1-3-21(14-17-10-5-4-6-11-17)15-19(22)20-13-18-12-8-7-9-16(18)2/h4-12H,3,13-15H2,1-2H3,(H,20,22). The first-order valence-corrected chi connectivity index (χ1v) is 7.76. The van der Waals surface area contributed by atoms with Crippen LogP contribution in [-0.2, 0) is 17.9 Å². The molecule has 116 valence electrons. The molecule has 2 rings (SSSR count). The zero-order valence-corrected chi connectivity index (χ0v) is 13.4. The van der Waals surface area contributed by atoms with E-state index in [9.17, 15) is 4.79 Å². The van der Waals surface area contributed by atoms with Crippen LogP contribution in [0.4, 0.5) is 0 Å². The van der Waals surface area contributed by atoms with Crippen LogP contribution in [0, 0.1) is 6.92 Å². The molecular weight excluding hydrogens is 272 g/mol. The van der Waals surface area contributed by atoms with Gasteiger partial charge in [0.15, 0.2) is 0 Å². The number of nitrogens with zero attached hydrogens (tertiary/aromatic N) is 1. The molecule has 0 aliphatic heterocycles. The molecule has 2 aromatic rings. The van der Waals surface area contributed by atoms with Gasteiger partial charge < -0.3 is 5.32 Å². The number of carbonyl (C=O) groups is 1. The van der Waals surface area contributed by atoms with Crippen LogP contribution in [0.15, 0.2) is 54.6 Å². The quantitative estimate of drug-likeness (QED) is 0.851. The molecule has 0 aliphatic rings. The molecule has 0 bridgehead atoms. The first-order chi connectivity index (χ1) is 10.7. The Balaban J connectivity index is 1.83. The number of benzene rings is 2. The minimum Gasteiger partial charge on any atom is -0.351 e. The molecule has 0 heterocycles. The highest BCUT2D eigenvalue weighted by Crippen LogP contribution is 2.07. The van der Waals surface area contributed by atoms with Crippen molar-refractivity contribution in [1.29, 1.82) is 0 Å². The highest BCUT2D eigenvalue weighted by atomic mass is 16.2. The second-order valence-corrected chi connectivity index (χ2v) is 5.49. The summed E-state index contributed by atoms with van der Waals surface area (Å²) in [6.45, 7) is 6.82. The number of rotatable bonds is 7. The summed E-state index contributed by atoms with van der Waals surface area (Å²) in [5.74, 6) is 0.0704. The van der Waals surface area contributed by atoms with Crippen molar-refractivity contribution in [2.75, 3.05) is 13.1 Å². The summed E-state index contributed by atoms with van der Waals surface area (Å²) in [5, 5.41) is 3.01. The maximum absolute atomic E-state index is 12.1. The molecule has 0 atom stereocenters. The summed E-state index contributed by atoms with van der Waals surface area (Å²) in [5.41, 5.74) is 3.61. The summed E-state index contributed by atoms with van der Waals surface area (Å²) in [6.07, 6.45) is 0. The Morgan fingerprint density at radius 2 is 1.73 bits per heavy atom. The van der Waals surface area contributed by atoms with Crippen molar-refractivity contribution in [2.24, 2.45) is 0 Å². The lowest BCUT2D eigenvalue weighted by Crippen LogP contribution is -2.36. The Labute approximate surface area is 133 Å². The fourth-order valence-corrected chi connectivity index (χ4v) is 2.38. The summed E-state index contributed by atoms with van der Waals surface area (Å²) in [7, 11) is 0. The molecule has 3 heteroatoms. The van der Waals surface area contributed by atoms with Gasteiger partial charge in [-0.3, -0.25) is 9.69 Å². The highest BCUT2D eigenvalue weighted by molar-refractivity contribution is 5.78. The third kappa shape index (κ3) is 5.01.